The van der Waals surface area contributed by atoms with E-state index in [0.717, 1.165) is 31.6 Å². The van der Waals surface area contributed by atoms with Gasteiger partial charge in [-0.1, -0.05) is 6.92 Å². The van der Waals surface area contributed by atoms with Crippen molar-refractivity contribution in [3.8, 4) is 0 Å². The number of nitrogens with two attached hydrogens (primary N) is 2. The average molecular weight is 382 g/mol. The van der Waals surface area contributed by atoms with Gasteiger partial charge in [0.15, 0.2) is 6.23 Å². The van der Waals surface area contributed by atoms with Crippen molar-refractivity contribution in [3.05, 3.63) is 0 Å². The third kappa shape index (κ3) is 4.42. The van der Waals surface area contributed by atoms with E-state index >= 15 is 0 Å². The lowest BCUT2D eigenvalue weighted by atomic mass is 9.97. The molecule has 1 saturated heterocycles. The smallest absolute Gasteiger partial charge is 0.408 e. The van der Waals surface area contributed by atoms with Crippen LogP contribution in [0.2, 0.25) is 0 Å². The molecule has 0 aromatic rings. The summed E-state index contributed by atoms with van der Waals surface area (Å²) in [7, 11) is 0. The first-order valence-corrected chi connectivity index (χ1v) is 10.3. The van der Waals surface area contributed by atoms with E-state index in [-0.39, 0.29) is 29.9 Å². The highest BCUT2D eigenvalue weighted by atomic mass is 16.6. The van der Waals surface area contributed by atoms with Gasteiger partial charge < -0.3 is 31.3 Å². The quantitative estimate of drug-likeness (QED) is 0.297. The van der Waals surface area contributed by atoms with Gasteiger partial charge in [-0.15, -0.1) is 5.10 Å². The van der Waals surface area contributed by atoms with Crippen LogP contribution < -0.4 is 16.9 Å². The zero-order chi connectivity index (χ0) is 19.6. The minimum Gasteiger partial charge on any atom is -0.443 e. The van der Waals surface area contributed by atoms with Gasteiger partial charge in [0, 0.05) is 13.2 Å². The number of nitrogens with zero attached hydrogens (tertiary/aromatic N) is 2. The molecule has 2 saturated carbocycles. The fourth-order valence-corrected chi connectivity index (χ4v) is 5.50. The summed E-state index contributed by atoms with van der Waals surface area (Å²) in [5, 5.41) is 6.60. The van der Waals surface area contributed by atoms with E-state index in [1.165, 1.54) is 12.8 Å². The standard InChI is InChI=1S/C19H35N5O3/c1-4-26-16-15(6-5-7-24(16)17(20)23-21)22-18(25)27-19(3)10-13-8-12(2)9-14(13)11-19/h12-16H,4-11,21H2,1-3H3,(H2,20,23)(H,22,25). The van der Waals surface area contributed by atoms with Crippen LogP contribution in [0.3, 0.4) is 0 Å². The molecule has 1 heterocycles. The SMILES string of the molecule is CCOC1C(NC(=O)OC2(C)CC3CC(C)CC3C2)CCCN1/C(N)=N/N. The lowest BCUT2D eigenvalue weighted by Crippen LogP contribution is -2.60. The average Bonchev–Trinajstić information content (AvgIpc) is 3.07. The Hall–Kier alpha value is -1.70. The fourth-order valence-electron chi connectivity index (χ4n) is 5.50. The van der Waals surface area contributed by atoms with E-state index in [1.807, 2.05) is 6.92 Å². The van der Waals surface area contributed by atoms with Crippen molar-refractivity contribution in [3.63, 3.8) is 0 Å². The number of ether oxygens (including phenoxy) is 2. The molecule has 1 aliphatic heterocycles. The molecule has 1 amide bonds. The molecule has 3 aliphatic rings. The van der Waals surface area contributed by atoms with Crippen LogP contribution in [0.1, 0.15) is 59.3 Å². The Bertz CT molecular complexity index is 556. The normalized spacial score (nSPS) is 39.3. The van der Waals surface area contributed by atoms with Crippen LogP contribution in [0.25, 0.3) is 0 Å². The van der Waals surface area contributed by atoms with Gasteiger partial charge in [-0.2, -0.15) is 0 Å². The minimum absolute atomic E-state index is 0.212. The predicted molar refractivity (Wildman–Crippen MR) is 104 cm³/mol. The van der Waals surface area contributed by atoms with Crippen LogP contribution in [0.5, 0.6) is 0 Å². The van der Waals surface area contributed by atoms with Crippen LogP contribution in [0.15, 0.2) is 5.10 Å². The monoisotopic (exact) mass is 381 g/mol. The van der Waals surface area contributed by atoms with Crippen molar-refractivity contribution in [2.75, 3.05) is 13.2 Å². The van der Waals surface area contributed by atoms with E-state index in [2.05, 4.69) is 24.3 Å². The molecule has 0 aromatic heterocycles. The fraction of sp³-hybridized carbons (Fsp3) is 0.895. The van der Waals surface area contributed by atoms with E-state index in [0.29, 0.717) is 25.0 Å². The molecular formula is C19H35N5O3. The first-order chi connectivity index (χ1) is 12.8. The molecule has 154 valence electrons. The summed E-state index contributed by atoms with van der Waals surface area (Å²) in [5.74, 6) is 7.75. The number of fused-ring (bicyclic) bond motifs is 1. The summed E-state index contributed by atoms with van der Waals surface area (Å²) in [6.07, 6.45) is 5.35. The summed E-state index contributed by atoms with van der Waals surface area (Å²) in [4.78, 5) is 14.5. The Morgan fingerprint density at radius 3 is 2.59 bits per heavy atom. The molecule has 3 rings (SSSR count). The second kappa shape index (κ2) is 8.12. The van der Waals surface area contributed by atoms with Gasteiger partial charge in [0.1, 0.15) is 5.60 Å². The molecule has 0 bridgehead atoms. The molecular weight excluding hydrogens is 346 g/mol. The zero-order valence-corrected chi connectivity index (χ0v) is 16.8. The Morgan fingerprint density at radius 1 is 1.33 bits per heavy atom. The Balaban J connectivity index is 1.59. The Kier molecular flexibility index (Phi) is 6.03. The van der Waals surface area contributed by atoms with Crippen LogP contribution in [0, 0.1) is 17.8 Å². The van der Waals surface area contributed by atoms with Gasteiger partial charge in [0.25, 0.3) is 0 Å². The molecule has 4 atom stereocenters. The summed E-state index contributed by atoms with van der Waals surface area (Å²) in [6, 6.07) is -0.212. The van der Waals surface area contributed by atoms with Gasteiger partial charge in [0.2, 0.25) is 5.96 Å². The van der Waals surface area contributed by atoms with Crippen molar-refractivity contribution in [1.82, 2.24) is 10.2 Å². The van der Waals surface area contributed by atoms with Crippen molar-refractivity contribution in [2.24, 2.45) is 34.4 Å². The van der Waals surface area contributed by atoms with E-state index < -0.39 is 0 Å². The topological polar surface area (TPSA) is 115 Å². The highest BCUT2D eigenvalue weighted by Gasteiger charge is 2.48. The molecule has 3 fully saturated rings. The number of guanidine groups is 1. The first-order valence-electron chi connectivity index (χ1n) is 10.3. The molecule has 8 nitrogen and oxygen atoms in total. The van der Waals surface area contributed by atoms with Crippen molar-refractivity contribution in [1.29, 1.82) is 0 Å². The molecule has 0 radical (unpaired) electrons. The molecule has 5 N–H and O–H groups in total. The maximum Gasteiger partial charge on any atom is 0.408 e. The number of likely N-dealkylation sites (tertiary alicyclic amines) is 1. The highest BCUT2D eigenvalue weighted by molar-refractivity contribution is 5.78. The van der Waals surface area contributed by atoms with Crippen molar-refractivity contribution >= 4 is 12.1 Å². The van der Waals surface area contributed by atoms with Crippen molar-refractivity contribution < 1.29 is 14.3 Å². The van der Waals surface area contributed by atoms with Crippen LogP contribution in [-0.4, -0.2) is 48.0 Å². The van der Waals surface area contributed by atoms with Crippen molar-refractivity contribution in [2.45, 2.75) is 77.2 Å². The number of rotatable bonds is 4. The number of nitrogens with one attached hydrogen (secondary N) is 1. The summed E-state index contributed by atoms with van der Waals surface area (Å²) >= 11 is 0. The van der Waals surface area contributed by atoms with E-state index in [9.17, 15) is 4.79 Å². The predicted octanol–water partition coefficient (Wildman–Crippen LogP) is 1.94. The first kappa shape index (κ1) is 20.0. The number of amides is 1. The van der Waals surface area contributed by atoms with Gasteiger partial charge in [-0.25, -0.2) is 4.79 Å². The molecule has 8 heteroatoms. The molecule has 0 aromatic carbocycles. The summed E-state index contributed by atoms with van der Waals surface area (Å²) in [5.41, 5.74) is 5.54. The third-order valence-corrected chi connectivity index (χ3v) is 6.44. The number of carbonyl (C=O) groups is 1. The van der Waals surface area contributed by atoms with Gasteiger partial charge in [0.05, 0.1) is 6.04 Å². The molecule has 4 unspecified atom stereocenters. The summed E-state index contributed by atoms with van der Waals surface area (Å²) < 4.78 is 11.8. The number of alkyl carbamates (subject to hydrolysis) is 1. The summed E-state index contributed by atoms with van der Waals surface area (Å²) in [6.45, 7) is 7.51. The van der Waals surface area contributed by atoms with Gasteiger partial charge >= 0.3 is 6.09 Å². The number of hydrazone groups is 1. The lowest BCUT2D eigenvalue weighted by Gasteiger charge is -2.41. The molecule has 0 spiro atoms. The van der Waals surface area contributed by atoms with E-state index in [4.69, 9.17) is 21.1 Å². The molecule has 27 heavy (non-hydrogen) atoms. The number of piperidine rings is 1. The Morgan fingerprint density at radius 2 is 2.00 bits per heavy atom. The van der Waals surface area contributed by atoms with Crippen LogP contribution >= 0.6 is 0 Å². The lowest BCUT2D eigenvalue weighted by molar-refractivity contribution is -0.0649. The second-order valence-corrected chi connectivity index (χ2v) is 8.76. The van der Waals surface area contributed by atoms with E-state index in [1.54, 1.807) is 4.90 Å². The van der Waals surface area contributed by atoms with Gasteiger partial charge in [-0.3, -0.25) is 0 Å². The van der Waals surface area contributed by atoms with Gasteiger partial charge in [-0.05, 0) is 70.1 Å². The second-order valence-electron chi connectivity index (χ2n) is 8.76. The third-order valence-electron chi connectivity index (χ3n) is 6.44. The number of carbonyl (C=O) groups excluding carboxylic acids is 1. The van der Waals surface area contributed by atoms with Crippen LogP contribution in [-0.2, 0) is 9.47 Å². The highest BCUT2D eigenvalue weighted by Crippen LogP contribution is 2.51. The zero-order valence-electron chi connectivity index (χ0n) is 16.8. The number of hydrogen-bond acceptors (Lipinski definition) is 5. The maximum atomic E-state index is 12.7. The largest absolute Gasteiger partial charge is 0.443 e. The molecule has 2 aliphatic carbocycles. The van der Waals surface area contributed by atoms with Crippen LogP contribution in [0.4, 0.5) is 4.79 Å². The Labute approximate surface area is 162 Å². The number of hydrogen-bond donors (Lipinski definition) is 3. The minimum atomic E-state index is -0.389. The maximum absolute atomic E-state index is 12.7.